The first-order chi connectivity index (χ1) is 7.17. The first kappa shape index (κ1) is 15.6. The van der Waals surface area contributed by atoms with E-state index in [1.807, 2.05) is 6.92 Å². The minimum atomic E-state index is -1.50. The zero-order chi connectivity index (χ0) is 11.7. The molecule has 1 unspecified atom stereocenters. The molecule has 0 rings (SSSR count). The Hall–Kier alpha value is 0.617. The van der Waals surface area contributed by atoms with Gasteiger partial charge in [-0.2, -0.15) is 0 Å². The van der Waals surface area contributed by atoms with Gasteiger partial charge in [-0.25, -0.2) is 0 Å². The van der Waals surface area contributed by atoms with Crippen LogP contribution in [0, 0.1) is 0 Å². The summed E-state index contributed by atoms with van der Waals surface area (Å²) in [5, 5.41) is 0.944. The third-order valence-corrected chi connectivity index (χ3v) is 8.10. The van der Waals surface area contributed by atoms with Crippen molar-refractivity contribution in [2.75, 3.05) is 11.9 Å². The second-order valence-corrected chi connectivity index (χ2v) is 9.24. The van der Waals surface area contributed by atoms with Crippen molar-refractivity contribution >= 4 is 24.2 Å². The van der Waals surface area contributed by atoms with Gasteiger partial charge in [-0.15, -0.1) is 0 Å². The number of hydrogen-bond acceptors (Lipinski definition) is 2. The van der Waals surface area contributed by atoms with E-state index < -0.39 is 8.32 Å². The van der Waals surface area contributed by atoms with Crippen molar-refractivity contribution in [1.82, 2.24) is 0 Å². The topological polar surface area (TPSA) is 18.5 Å². The van der Waals surface area contributed by atoms with Crippen LogP contribution in [0.15, 0.2) is 0 Å². The average molecular weight is 297 g/mol. The van der Waals surface area contributed by atoms with Crippen molar-refractivity contribution in [3.05, 3.63) is 0 Å². The molecule has 92 valence electrons. The van der Waals surface area contributed by atoms with E-state index >= 15 is 0 Å². The van der Waals surface area contributed by atoms with Crippen LogP contribution >= 0.6 is 15.9 Å². The van der Waals surface area contributed by atoms with Crippen LogP contribution in [0.4, 0.5) is 0 Å². The monoisotopic (exact) mass is 296 g/mol. The Balaban J connectivity index is 4.30. The Morgan fingerprint density at radius 3 is 1.93 bits per heavy atom. The number of halogens is 1. The minimum Gasteiger partial charge on any atom is -0.392 e. The fourth-order valence-corrected chi connectivity index (χ4v) is 4.85. The van der Waals surface area contributed by atoms with E-state index in [0.29, 0.717) is 0 Å². The van der Waals surface area contributed by atoms with Crippen molar-refractivity contribution in [3.63, 3.8) is 0 Å². The normalized spacial score (nSPS) is 14.2. The van der Waals surface area contributed by atoms with E-state index in [1.54, 1.807) is 0 Å². The molecule has 0 aliphatic rings. The maximum absolute atomic E-state index is 6.25. The summed E-state index contributed by atoms with van der Waals surface area (Å²) in [5.74, 6) is 0. The summed E-state index contributed by atoms with van der Waals surface area (Å²) in [6, 6.07) is 3.56. The number of hydrogen-bond donors (Lipinski definition) is 0. The summed E-state index contributed by atoms with van der Waals surface area (Å²) in [6.45, 7) is 9.50. The lowest BCUT2D eigenvalue weighted by Crippen LogP contribution is -2.41. The van der Waals surface area contributed by atoms with Gasteiger partial charge < -0.3 is 9.16 Å². The molecule has 15 heavy (non-hydrogen) atoms. The molecule has 0 radical (unpaired) electrons. The highest BCUT2D eigenvalue weighted by Crippen LogP contribution is 2.24. The van der Waals surface area contributed by atoms with E-state index in [4.69, 9.17) is 9.16 Å². The van der Waals surface area contributed by atoms with E-state index in [1.165, 1.54) is 18.1 Å². The Kier molecular flexibility index (Phi) is 9.09. The number of alkyl halides is 1. The lowest BCUT2D eigenvalue weighted by Gasteiger charge is -2.32. The average Bonchev–Trinajstić information content (AvgIpc) is 2.27. The molecule has 1 atom stereocenters. The van der Waals surface area contributed by atoms with Crippen LogP contribution in [0.25, 0.3) is 0 Å². The smallest absolute Gasteiger partial charge is 0.195 e. The molecule has 0 aliphatic carbocycles. The van der Waals surface area contributed by atoms with Crippen molar-refractivity contribution < 1.29 is 9.16 Å². The first-order valence-electron chi connectivity index (χ1n) is 6.03. The Bertz CT molecular complexity index is 137. The Labute approximate surface area is 104 Å². The quantitative estimate of drug-likeness (QED) is 0.361. The van der Waals surface area contributed by atoms with Crippen LogP contribution in [0.1, 0.15) is 34.1 Å². The third-order valence-electron chi connectivity index (χ3n) is 3.01. The van der Waals surface area contributed by atoms with Crippen molar-refractivity contribution in [3.8, 4) is 0 Å². The molecular weight excluding hydrogens is 272 g/mol. The molecule has 0 fully saturated rings. The highest BCUT2D eigenvalue weighted by Gasteiger charge is 2.31. The van der Waals surface area contributed by atoms with Crippen LogP contribution in [0.5, 0.6) is 0 Å². The standard InChI is InChI=1S/C11H25BrO2Si/c1-5-13-11(9-10-12)14-15(6-2,7-3)8-4/h11H,5-10H2,1-4H3. The highest BCUT2D eigenvalue weighted by molar-refractivity contribution is 9.09. The van der Waals surface area contributed by atoms with Gasteiger partial charge in [0, 0.05) is 18.4 Å². The van der Waals surface area contributed by atoms with Gasteiger partial charge in [0.15, 0.2) is 8.32 Å². The molecule has 0 amide bonds. The molecular formula is C11H25BrO2Si. The van der Waals surface area contributed by atoms with E-state index in [9.17, 15) is 0 Å². The summed E-state index contributed by atoms with van der Waals surface area (Å²) < 4.78 is 11.9. The third kappa shape index (κ3) is 5.47. The maximum atomic E-state index is 6.25. The minimum absolute atomic E-state index is 0.000826. The van der Waals surface area contributed by atoms with Crippen LogP contribution in [-0.4, -0.2) is 26.5 Å². The molecule has 2 nitrogen and oxygen atoms in total. The van der Waals surface area contributed by atoms with Crippen molar-refractivity contribution in [2.24, 2.45) is 0 Å². The Morgan fingerprint density at radius 1 is 1.07 bits per heavy atom. The zero-order valence-corrected chi connectivity index (χ0v) is 13.1. The van der Waals surface area contributed by atoms with Crippen molar-refractivity contribution in [1.29, 1.82) is 0 Å². The second kappa shape index (κ2) is 8.73. The van der Waals surface area contributed by atoms with Gasteiger partial charge in [0.25, 0.3) is 0 Å². The molecule has 4 heteroatoms. The van der Waals surface area contributed by atoms with Gasteiger partial charge in [0.2, 0.25) is 0 Å². The van der Waals surface area contributed by atoms with Crippen LogP contribution in [0.3, 0.4) is 0 Å². The SMILES string of the molecule is CCOC(CCBr)O[Si](CC)(CC)CC. The molecule has 0 bridgehead atoms. The fraction of sp³-hybridized carbons (Fsp3) is 1.00. The van der Waals surface area contributed by atoms with Gasteiger partial charge in [-0.3, -0.25) is 0 Å². The predicted octanol–water partition coefficient (Wildman–Crippen LogP) is 4.16. The molecule has 0 spiro atoms. The number of rotatable bonds is 9. The van der Waals surface area contributed by atoms with Crippen LogP contribution in [-0.2, 0) is 9.16 Å². The van der Waals surface area contributed by atoms with Gasteiger partial charge in [-0.05, 0) is 25.1 Å². The van der Waals surface area contributed by atoms with Gasteiger partial charge in [0.05, 0.1) is 0 Å². The molecule has 0 aromatic heterocycles. The molecule has 0 N–H and O–H groups in total. The zero-order valence-electron chi connectivity index (χ0n) is 10.5. The first-order valence-corrected chi connectivity index (χ1v) is 9.68. The summed E-state index contributed by atoms with van der Waals surface area (Å²) in [6.07, 6.45) is 0.948. The van der Waals surface area contributed by atoms with Gasteiger partial charge >= 0.3 is 0 Å². The summed E-state index contributed by atoms with van der Waals surface area (Å²) in [4.78, 5) is 0. The summed E-state index contributed by atoms with van der Waals surface area (Å²) in [5.41, 5.74) is 0. The highest BCUT2D eigenvalue weighted by atomic mass is 79.9. The van der Waals surface area contributed by atoms with Gasteiger partial charge in [-0.1, -0.05) is 36.7 Å². The van der Waals surface area contributed by atoms with E-state index in [2.05, 4.69) is 36.7 Å². The lowest BCUT2D eigenvalue weighted by molar-refractivity contribution is -0.0831. The molecule has 0 heterocycles. The second-order valence-electron chi connectivity index (χ2n) is 3.72. The molecule has 0 aliphatic heterocycles. The molecule has 0 saturated carbocycles. The predicted molar refractivity (Wildman–Crippen MR) is 72.1 cm³/mol. The van der Waals surface area contributed by atoms with E-state index in [0.717, 1.165) is 18.4 Å². The fourth-order valence-electron chi connectivity index (χ4n) is 1.73. The largest absolute Gasteiger partial charge is 0.392 e. The van der Waals surface area contributed by atoms with Crippen molar-refractivity contribution in [2.45, 2.75) is 58.5 Å². The lowest BCUT2D eigenvalue weighted by atomic mass is 10.5. The molecule has 0 aromatic rings. The van der Waals surface area contributed by atoms with Crippen LogP contribution in [0.2, 0.25) is 18.1 Å². The number of ether oxygens (including phenoxy) is 1. The molecule has 0 saturated heterocycles. The maximum Gasteiger partial charge on any atom is 0.195 e. The van der Waals surface area contributed by atoms with Gasteiger partial charge in [0.1, 0.15) is 6.29 Å². The summed E-state index contributed by atoms with van der Waals surface area (Å²) in [7, 11) is -1.50. The Morgan fingerprint density at radius 2 is 1.60 bits per heavy atom. The van der Waals surface area contributed by atoms with E-state index in [-0.39, 0.29) is 6.29 Å². The van der Waals surface area contributed by atoms with Crippen LogP contribution < -0.4 is 0 Å². The molecule has 0 aromatic carbocycles. The summed E-state index contributed by atoms with van der Waals surface area (Å²) >= 11 is 3.45.